The van der Waals surface area contributed by atoms with Crippen LogP contribution in [-0.4, -0.2) is 32.6 Å². The van der Waals surface area contributed by atoms with Gasteiger partial charge in [0.05, 0.1) is 29.9 Å². The fraction of sp³-hybridized carbons (Fsp3) is 0.176. The summed E-state index contributed by atoms with van der Waals surface area (Å²) in [6, 6.07) is 14.1. The van der Waals surface area contributed by atoms with Crippen LogP contribution in [0.1, 0.15) is 10.4 Å². The van der Waals surface area contributed by atoms with Crippen molar-refractivity contribution >= 4 is 34.9 Å². The molecule has 1 N–H and O–H groups in total. The molecule has 0 unspecified atom stereocenters. The second-order valence-corrected chi connectivity index (χ2v) is 5.33. The number of likely N-dealkylation sites (N-methyl/N-ethyl adjacent to an activating group) is 1. The number of nitrogens with zero attached hydrogens (tertiary/aromatic N) is 1. The lowest BCUT2D eigenvalue weighted by atomic mass is 10.2. The van der Waals surface area contributed by atoms with E-state index in [4.69, 9.17) is 11.6 Å². The van der Waals surface area contributed by atoms with Crippen LogP contribution in [0.3, 0.4) is 0 Å². The fourth-order valence-electron chi connectivity index (χ4n) is 2.04. The molecule has 0 atom stereocenters. The van der Waals surface area contributed by atoms with E-state index < -0.39 is 5.97 Å². The van der Waals surface area contributed by atoms with Gasteiger partial charge in [0.2, 0.25) is 5.91 Å². The number of benzene rings is 2. The Bertz CT molecular complexity index is 704. The maximum Gasteiger partial charge on any atom is 0.337 e. The van der Waals surface area contributed by atoms with Gasteiger partial charge in [-0.15, -0.1) is 0 Å². The summed E-state index contributed by atoms with van der Waals surface area (Å²) in [5.74, 6) is -0.723. The number of halogens is 1. The molecule has 120 valence electrons. The van der Waals surface area contributed by atoms with Crippen LogP contribution in [0.4, 0.5) is 11.4 Å². The predicted octanol–water partition coefficient (Wildman–Crippen LogP) is 3.20. The molecular formula is C17H17ClN2O3. The Morgan fingerprint density at radius 1 is 1.17 bits per heavy atom. The Labute approximate surface area is 139 Å². The number of anilines is 2. The van der Waals surface area contributed by atoms with Gasteiger partial charge in [-0.3, -0.25) is 4.79 Å². The quantitative estimate of drug-likeness (QED) is 0.854. The molecule has 0 aliphatic carbocycles. The van der Waals surface area contributed by atoms with Crippen molar-refractivity contribution in [2.45, 2.75) is 0 Å². The minimum atomic E-state index is -0.487. The van der Waals surface area contributed by atoms with Crippen LogP contribution in [0.5, 0.6) is 0 Å². The number of esters is 1. The Kier molecular flexibility index (Phi) is 5.60. The summed E-state index contributed by atoms with van der Waals surface area (Å²) in [7, 11) is 3.12. The van der Waals surface area contributed by atoms with Crippen LogP contribution in [0.15, 0.2) is 48.5 Å². The summed E-state index contributed by atoms with van der Waals surface area (Å²) >= 11 is 6.06. The number of carbonyl (C=O) groups excluding carboxylic acids is 2. The molecule has 0 saturated carbocycles. The van der Waals surface area contributed by atoms with Crippen LogP contribution in [0, 0.1) is 0 Å². The zero-order valence-electron chi connectivity index (χ0n) is 12.9. The van der Waals surface area contributed by atoms with Crippen molar-refractivity contribution in [1.29, 1.82) is 0 Å². The topological polar surface area (TPSA) is 58.6 Å². The lowest BCUT2D eigenvalue weighted by molar-refractivity contribution is -0.114. The zero-order chi connectivity index (χ0) is 16.8. The molecular weight excluding hydrogens is 316 g/mol. The summed E-state index contributed by atoms with van der Waals surface area (Å²) in [6.07, 6.45) is 0. The zero-order valence-corrected chi connectivity index (χ0v) is 13.6. The average molecular weight is 333 g/mol. The van der Waals surface area contributed by atoms with E-state index in [-0.39, 0.29) is 12.5 Å². The molecule has 0 saturated heterocycles. The van der Waals surface area contributed by atoms with Gasteiger partial charge < -0.3 is 15.0 Å². The van der Waals surface area contributed by atoms with Crippen LogP contribution < -0.4 is 10.2 Å². The van der Waals surface area contributed by atoms with E-state index in [1.165, 1.54) is 13.2 Å². The van der Waals surface area contributed by atoms with Gasteiger partial charge in [0.1, 0.15) is 0 Å². The maximum absolute atomic E-state index is 12.2. The van der Waals surface area contributed by atoms with Crippen LogP contribution in [-0.2, 0) is 9.53 Å². The summed E-state index contributed by atoms with van der Waals surface area (Å²) in [5, 5.41) is 3.06. The van der Waals surface area contributed by atoms with Gasteiger partial charge >= 0.3 is 5.97 Å². The van der Waals surface area contributed by atoms with Gasteiger partial charge in [-0.25, -0.2) is 4.79 Å². The van der Waals surface area contributed by atoms with Crippen molar-refractivity contribution in [2.75, 3.05) is 30.9 Å². The summed E-state index contributed by atoms with van der Waals surface area (Å²) in [6.45, 7) is 0.156. The third-order valence-electron chi connectivity index (χ3n) is 3.24. The van der Waals surface area contributed by atoms with Gasteiger partial charge in [-0.05, 0) is 30.3 Å². The molecule has 6 heteroatoms. The Hall–Kier alpha value is -2.53. The van der Waals surface area contributed by atoms with E-state index in [9.17, 15) is 9.59 Å². The minimum absolute atomic E-state index is 0.156. The van der Waals surface area contributed by atoms with Gasteiger partial charge in [-0.1, -0.05) is 29.8 Å². The second-order valence-electron chi connectivity index (χ2n) is 4.93. The van der Waals surface area contributed by atoms with E-state index in [1.54, 1.807) is 12.1 Å². The Morgan fingerprint density at radius 3 is 2.52 bits per heavy atom. The van der Waals surface area contributed by atoms with Gasteiger partial charge in [0, 0.05) is 12.7 Å². The summed E-state index contributed by atoms with van der Waals surface area (Å²) in [4.78, 5) is 25.5. The number of hydrogen-bond acceptors (Lipinski definition) is 4. The maximum atomic E-state index is 12.2. The summed E-state index contributed by atoms with van der Waals surface area (Å²) in [5.41, 5.74) is 1.63. The molecule has 0 bridgehead atoms. The van der Waals surface area contributed by atoms with Crippen molar-refractivity contribution in [3.8, 4) is 0 Å². The van der Waals surface area contributed by atoms with Gasteiger partial charge in [0.15, 0.2) is 0 Å². The molecule has 0 aliphatic rings. The number of carbonyl (C=O) groups is 2. The lowest BCUT2D eigenvalue weighted by Gasteiger charge is -2.19. The van der Waals surface area contributed by atoms with E-state index in [2.05, 4.69) is 10.1 Å². The number of rotatable bonds is 5. The van der Waals surface area contributed by atoms with Crippen LogP contribution in [0.2, 0.25) is 5.02 Å². The first-order valence-electron chi connectivity index (χ1n) is 6.95. The van der Waals surface area contributed by atoms with E-state index in [0.29, 0.717) is 16.3 Å². The molecule has 0 radical (unpaired) electrons. The highest BCUT2D eigenvalue weighted by Crippen LogP contribution is 2.23. The third-order valence-corrected chi connectivity index (χ3v) is 3.57. The molecule has 0 aromatic heterocycles. The molecule has 2 aromatic rings. The number of ether oxygens (including phenoxy) is 1. The van der Waals surface area contributed by atoms with Crippen molar-refractivity contribution in [1.82, 2.24) is 0 Å². The van der Waals surface area contributed by atoms with E-state index in [0.717, 1.165) is 5.69 Å². The first-order chi connectivity index (χ1) is 11.0. The SMILES string of the molecule is COC(=O)c1ccc(Cl)c(NC(=O)CN(C)c2ccccc2)c1. The van der Waals surface area contributed by atoms with Crippen molar-refractivity contribution < 1.29 is 14.3 Å². The first-order valence-corrected chi connectivity index (χ1v) is 7.33. The van der Waals surface area contributed by atoms with E-state index >= 15 is 0 Å². The Morgan fingerprint density at radius 2 is 1.87 bits per heavy atom. The van der Waals surface area contributed by atoms with Crippen molar-refractivity contribution in [2.24, 2.45) is 0 Å². The smallest absolute Gasteiger partial charge is 0.337 e. The molecule has 5 nitrogen and oxygen atoms in total. The average Bonchev–Trinajstić information content (AvgIpc) is 2.56. The molecule has 1 amide bonds. The monoisotopic (exact) mass is 332 g/mol. The number of methoxy groups -OCH3 is 1. The number of nitrogens with one attached hydrogen (secondary N) is 1. The Balaban J connectivity index is 2.06. The van der Waals surface area contributed by atoms with Crippen LogP contribution >= 0.6 is 11.6 Å². The standard InChI is InChI=1S/C17H17ClN2O3/c1-20(13-6-4-3-5-7-13)11-16(21)19-15-10-12(17(22)23-2)8-9-14(15)18/h3-10H,11H2,1-2H3,(H,19,21). The molecule has 0 fully saturated rings. The largest absolute Gasteiger partial charge is 0.465 e. The minimum Gasteiger partial charge on any atom is -0.465 e. The predicted molar refractivity (Wildman–Crippen MR) is 91.1 cm³/mol. The molecule has 0 spiro atoms. The molecule has 2 rings (SSSR count). The second kappa shape index (κ2) is 7.65. The summed E-state index contributed by atoms with van der Waals surface area (Å²) < 4.78 is 4.66. The highest BCUT2D eigenvalue weighted by molar-refractivity contribution is 6.33. The molecule has 0 aliphatic heterocycles. The molecule has 2 aromatic carbocycles. The van der Waals surface area contributed by atoms with Crippen molar-refractivity contribution in [3.05, 3.63) is 59.1 Å². The normalized spacial score (nSPS) is 10.0. The molecule has 0 heterocycles. The number of amides is 1. The van der Waals surface area contributed by atoms with Gasteiger partial charge in [0.25, 0.3) is 0 Å². The lowest BCUT2D eigenvalue weighted by Crippen LogP contribution is -2.30. The highest BCUT2D eigenvalue weighted by atomic mass is 35.5. The molecule has 23 heavy (non-hydrogen) atoms. The van der Waals surface area contributed by atoms with Gasteiger partial charge in [-0.2, -0.15) is 0 Å². The number of para-hydroxylation sites is 1. The highest BCUT2D eigenvalue weighted by Gasteiger charge is 2.12. The fourth-order valence-corrected chi connectivity index (χ4v) is 2.21. The first kappa shape index (κ1) is 16.8. The van der Waals surface area contributed by atoms with Crippen molar-refractivity contribution in [3.63, 3.8) is 0 Å². The number of hydrogen-bond donors (Lipinski definition) is 1. The van der Waals surface area contributed by atoms with E-state index in [1.807, 2.05) is 42.3 Å². The van der Waals surface area contributed by atoms with Crippen LogP contribution in [0.25, 0.3) is 0 Å². The third kappa shape index (κ3) is 4.47.